The molecular formula is C18H21ClN2OS2. The van der Waals surface area contributed by atoms with Gasteiger partial charge in [0.1, 0.15) is 0 Å². The lowest BCUT2D eigenvalue weighted by Gasteiger charge is -2.14. The first-order valence-electron chi connectivity index (χ1n) is 7.66. The van der Waals surface area contributed by atoms with E-state index >= 15 is 0 Å². The molecule has 1 aliphatic heterocycles. The van der Waals surface area contributed by atoms with Crippen LogP contribution in [0, 0.1) is 0 Å². The van der Waals surface area contributed by atoms with Crippen molar-refractivity contribution < 1.29 is 4.79 Å². The summed E-state index contributed by atoms with van der Waals surface area (Å²) < 4.78 is 0.485. The average molecular weight is 381 g/mol. The Balaban J connectivity index is 0.00000208. The van der Waals surface area contributed by atoms with Crippen molar-refractivity contribution in [1.82, 2.24) is 0 Å². The first kappa shape index (κ1) is 19.2. The molecule has 128 valence electrons. The zero-order valence-electron chi connectivity index (χ0n) is 13.2. The van der Waals surface area contributed by atoms with Gasteiger partial charge < -0.3 is 11.1 Å². The number of carbonyl (C=O) groups excluding carboxylic acids is 1. The van der Waals surface area contributed by atoms with E-state index in [1.165, 1.54) is 17.1 Å². The zero-order valence-corrected chi connectivity index (χ0v) is 15.6. The van der Waals surface area contributed by atoms with Gasteiger partial charge in [0.2, 0.25) is 5.91 Å². The van der Waals surface area contributed by atoms with Crippen molar-refractivity contribution in [3.05, 3.63) is 65.7 Å². The number of hydrogen-bond donors (Lipinski definition) is 2. The molecule has 3 rings (SSSR count). The number of carbonyl (C=O) groups is 1. The van der Waals surface area contributed by atoms with Gasteiger partial charge in [0.05, 0.1) is 4.58 Å². The highest BCUT2D eigenvalue weighted by Crippen LogP contribution is 2.45. The predicted molar refractivity (Wildman–Crippen MR) is 108 cm³/mol. The lowest BCUT2D eigenvalue weighted by atomic mass is 10.0. The lowest BCUT2D eigenvalue weighted by molar-refractivity contribution is -0.116. The van der Waals surface area contributed by atoms with E-state index in [1.807, 2.05) is 66.0 Å². The molecule has 1 heterocycles. The molecule has 0 spiro atoms. The van der Waals surface area contributed by atoms with Crippen molar-refractivity contribution in [3.63, 3.8) is 0 Å². The van der Waals surface area contributed by atoms with Crippen LogP contribution in [-0.4, -0.2) is 17.4 Å². The number of halogens is 1. The summed E-state index contributed by atoms with van der Waals surface area (Å²) in [4.78, 5) is 12.2. The third kappa shape index (κ3) is 5.18. The number of nitrogens with two attached hydrogens (primary N) is 1. The highest BCUT2D eigenvalue weighted by atomic mass is 35.5. The van der Waals surface area contributed by atoms with Gasteiger partial charge in [-0.2, -0.15) is 0 Å². The highest BCUT2D eigenvalue weighted by Gasteiger charge is 2.18. The largest absolute Gasteiger partial charge is 0.326 e. The number of anilines is 1. The molecule has 0 saturated carbocycles. The van der Waals surface area contributed by atoms with E-state index in [0.717, 1.165) is 11.3 Å². The minimum absolute atomic E-state index is 0. The number of rotatable bonds is 5. The Morgan fingerprint density at radius 3 is 2.54 bits per heavy atom. The van der Waals surface area contributed by atoms with Crippen LogP contribution in [0.5, 0.6) is 0 Å². The minimum Gasteiger partial charge on any atom is -0.326 e. The molecule has 6 heteroatoms. The van der Waals surface area contributed by atoms with Gasteiger partial charge in [-0.05, 0) is 23.3 Å². The maximum atomic E-state index is 12.2. The van der Waals surface area contributed by atoms with Crippen molar-refractivity contribution in [3.8, 4) is 0 Å². The lowest BCUT2D eigenvalue weighted by Crippen LogP contribution is -2.20. The van der Waals surface area contributed by atoms with Crippen LogP contribution < -0.4 is 11.1 Å². The van der Waals surface area contributed by atoms with Crippen molar-refractivity contribution in [2.45, 2.75) is 17.0 Å². The number of hydrogen-bond acceptors (Lipinski definition) is 4. The second-order valence-corrected chi connectivity index (χ2v) is 8.19. The maximum Gasteiger partial charge on any atom is 0.226 e. The fraction of sp³-hybridized carbons (Fsp3) is 0.278. The number of thioether (sulfide) groups is 2. The molecule has 1 amide bonds. The molecule has 2 aromatic rings. The van der Waals surface area contributed by atoms with E-state index in [-0.39, 0.29) is 30.8 Å². The molecule has 1 unspecified atom stereocenters. The molecule has 1 aliphatic rings. The molecule has 1 fully saturated rings. The standard InChI is InChI=1S/C18H20N2OS2.ClH/c19-16(13-5-2-1-3-6-13)12-17(21)20-15-8-4-7-14(11-15)18-22-9-10-23-18;/h1-8,11,16,18H,9-10,12,19H2,(H,20,21);1H. The minimum atomic E-state index is -0.277. The van der Waals surface area contributed by atoms with Crippen LogP contribution in [0.15, 0.2) is 54.6 Å². The highest BCUT2D eigenvalue weighted by molar-refractivity contribution is 8.19. The first-order chi connectivity index (χ1) is 11.2. The van der Waals surface area contributed by atoms with Gasteiger partial charge in [-0.1, -0.05) is 42.5 Å². The second-order valence-electron chi connectivity index (χ2n) is 5.47. The van der Waals surface area contributed by atoms with Crippen molar-refractivity contribution in [1.29, 1.82) is 0 Å². The van der Waals surface area contributed by atoms with Gasteiger partial charge in [-0.3, -0.25) is 4.79 Å². The smallest absolute Gasteiger partial charge is 0.226 e. The molecule has 3 nitrogen and oxygen atoms in total. The zero-order chi connectivity index (χ0) is 16.1. The Hall–Kier alpha value is -1.14. The van der Waals surface area contributed by atoms with Crippen molar-refractivity contribution in [2.75, 3.05) is 16.8 Å². The van der Waals surface area contributed by atoms with E-state index in [0.29, 0.717) is 4.58 Å². The van der Waals surface area contributed by atoms with Crippen LogP contribution in [0.3, 0.4) is 0 Å². The van der Waals surface area contributed by atoms with Crippen LogP contribution in [0.1, 0.15) is 28.2 Å². The van der Waals surface area contributed by atoms with Gasteiger partial charge in [-0.25, -0.2) is 0 Å². The summed E-state index contributed by atoms with van der Waals surface area (Å²) in [6.45, 7) is 0. The van der Waals surface area contributed by atoms with E-state index in [9.17, 15) is 4.79 Å². The SMILES string of the molecule is Cl.NC(CC(=O)Nc1cccc(C2SCCS2)c1)c1ccccc1. The topological polar surface area (TPSA) is 55.1 Å². The molecule has 0 aromatic heterocycles. The summed E-state index contributed by atoms with van der Waals surface area (Å²) in [6.07, 6.45) is 0.279. The summed E-state index contributed by atoms with van der Waals surface area (Å²) in [5.41, 5.74) is 9.21. The Bertz CT molecular complexity index is 663. The van der Waals surface area contributed by atoms with Crippen molar-refractivity contribution in [2.24, 2.45) is 5.73 Å². The Kier molecular flexibility index (Phi) is 7.49. The first-order valence-corrected chi connectivity index (χ1v) is 9.75. The van der Waals surface area contributed by atoms with E-state index in [2.05, 4.69) is 17.4 Å². The van der Waals surface area contributed by atoms with E-state index in [1.54, 1.807) is 0 Å². The maximum absolute atomic E-state index is 12.2. The summed E-state index contributed by atoms with van der Waals surface area (Å²) in [5.74, 6) is 2.33. The number of nitrogens with one attached hydrogen (secondary N) is 1. The Morgan fingerprint density at radius 1 is 1.12 bits per heavy atom. The van der Waals surface area contributed by atoms with Gasteiger partial charge in [0, 0.05) is 29.7 Å². The molecule has 0 bridgehead atoms. The van der Waals surface area contributed by atoms with Crippen LogP contribution in [0.25, 0.3) is 0 Å². The molecule has 24 heavy (non-hydrogen) atoms. The van der Waals surface area contributed by atoms with E-state index in [4.69, 9.17) is 5.73 Å². The molecule has 0 radical (unpaired) electrons. The fourth-order valence-corrected chi connectivity index (χ4v) is 5.38. The van der Waals surface area contributed by atoms with Gasteiger partial charge in [0.15, 0.2) is 0 Å². The Labute approximate surface area is 157 Å². The van der Waals surface area contributed by atoms with Crippen molar-refractivity contribution >= 4 is 47.5 Å². The average Bonchev–Trinajstić information content (AvgIpc) is 3.10. The summed E-state index contributed by atoms with van der Waals surface area (Å²) in [7, 11) is 0. The normalized spacial score (nSPS) is 15.5. The molecular weight excluding hydrogens is 360 g/mol. The number of benzene rings is 2. The molecule has 1 saturated heterocycles. The molecule has 3 N–H and O–H groups in total. The van der Waals surface area contributed by atoms with Crippen LogP contribution in [0.2, 0.25) is 0 Å². The molecule has 1 atom stereocenters. The van der Waals surface area contributed by atoms with Gasteiger partial charge in [0.25, 0.3) is 0 Å². The monoisotopic (exact) mass is 380 g/mol. The van der Waals surface area contributed by atoms with Crippen LogP contribution in [-0.2, 0) is 4.79 Å². The fourth-order valence-electron chi connectivity index (χ4n) is 2.54. The van der Waals surface area contributed by atoms with Gasteiger partial charge in [-0.15, -0.1) is 35.9 Å². The quantitative estimate of drug-likeness (QED) is 0.794. The third-order valence-electron chi connectivity index (χ3n) is 3.70. The van der Waals surface area contributed by atoms with Crippen LogP contribution in [0.4, 0.5) is 5.69 Å². The number of amides is 1. The summed E-state index contributed by atoms with van der Waals surface area (Å²) >= 11 is 3.92. The second kappa shape index (κ2) is 9.37. The predicted octanol–water partition coefficient (Wildman–Crippen LogP) is 4.62. The molecule has 2 aromatic carbocycles. The third-order valence-corrected chi connectivity index (χ3v) is 6.80. The van der Waals surface area contributed by atoms with Gasteiger partial charge >= 0.3 is 0 Å². The van der Waals surface area contributed by atoms with Crippen LogP contribution >= 0.6 is 35.9 Å². The summed E-state index contributed by atoms with van der Waals surface area (Å²) in [5, 5.41) is 2.97. The summed E-state index contributed by atoms with van der Waals surface area (Å²) in [6, 6.07) is 17.6. The van der Waals surface area contributed by atoms with E-state index < -0.39 is 0 Å². The molecule has 0 aliphatic carbocycles. The Morgan fingerprint density at radius 2 is 1.83 bits per heavy atom.